The fourth-order valence-corrected chi connectivity index (χ4v) is 3.83. The van der Waals surface area contributed by atoms with E-state index in [2.05, 4.69) is 16.6 Å². The molecule has 2 rings (SSSR count). The first-order valence-electron chi connectivity index (χ1n) is 8.23. The van der Waals surface area contributed by atoms with Crippen LogP contribution in [0.1, 0.15) is 39.2 Å². The quantitative estimate of drug-likeness (QED) is 0.851. The fourth-order valence-electron chi connectivity index (χ4n) is 2.59. The Labute approximate surface area is 144 Å². The fraction of sp³-hybridized carbons (Fsp3) is 0.529. The number of rotatable bonds is 6. The molecule has 1 aromatic rings. The van der Waals surface area contributed by atoms with Crippen molar-refractivity contribution in [2.75, 3.05) is 13.6 Å². The minimum atomic E-state index is -3.59. The summed E-state index contributed by atoms with van der Waals surface area (Å²) in [4.78, 5) is 19.1. The number of likely N-dealkylation sites (N-methyl/N-ethyl adjacent to an activating group) is 1. The van der Waals surface area contributed by atoms with Crippen molar-refractivity contribution >= 4 is 21.8 Å². The molecule has 0 radical (unpaired) electrons. The average Bonchev–Trinajstić information content (AvgIpc) is 2.80. The van der Waals surface area contributed by atoms with Crippen molar-refractivity contribution in [3.05, 3.63) is 29.8 Å². The zero-order valence-corrected chi connectivity index (χ0v) is 15.4. The van der Waals surface area contributed by atoms with Crippen molar-refractivity contribution in [2.24, 2.45) is 10.9 Å². The molecule has 24 heavy (non-hydrogen) atoms. The number of nitrogens with zero attached hydrogens (tertiary/aromatic N) is 2. The number of sulfonamides is 1. The summed E-state index contributed by atoms with van der Waals surface area (Å²) in [5, 5.41) is 0. The zero-order valence-electron chi connectivity index (χ0n) is 14.6. The number of aliphatic imine (C=N–C) groups is 1. The van der Waals surface area contributed by atoms with Crippen LogP contribution in [0.15, 0.2) is 34.2 Å². The number of nitrogens with one attached hydrogen (secondary N) is 1. The lowest BCUT2D eigenvalue weighted by molar-refractivity contribution is -0.132. The van der Waals surface area contributed by atoms with Gasteiger partial charge in [-0.2, -0.15) is 0 Å². The van der Waals surface area contributed by atoms with E-state index in [0.29, 0.717) is 12.1 Å². The van der Waals surface area contributed by atoms with Gasteiger partial charge in [-0.25, -0.2) is 8.42 Å². The molecule has 0 fully saturated rings. The maximum absolute atomic E-state index is 12.7. The lowest BCUT2D eigenvalue weighted by atomic mass is 10.0. The maximum atomic E-state index is 12.7. The third kappa shape index (κ3) is 3.77. The van der Waals surface area contributed by atoms with Crippen LogP contribution < -0.4 is 4.72 Å². The molecule has 1 aromatic carbocycles. The molecule has 7 heteroatoms. The van der Waals surface area contributed by atoms with Crippen LogP contribution in [0.3, 0.4) is 0 Å². The molecular formula is C17H25N3O3S. The molecule has 0 unspecified atom stereocenters. The van der Waals surface area contributed by atoms with Crippen LogP contribution in [0.4, 0.5) is 0 Å². The number of amides is 1. The molecule has 0 saturated heterocycles. The van der Waals surface area contributed by atoms with E-state index in [1.165, 1.54) is 0 Å². The molecule has 1 amide bonds. The van der Waals surface area contributed by atoms with Crippen LogP contribution in [-0.2, 0) is 14.8 Å². The van der Waals surface area contributed by atoms with E-state index in [1.807, 2.05) is 13.8 Å². The van der Waals surface area contributed by atoms with Crippen molar-refractivity contribution in [2.45, 2.75) is 44.6 Å². The molecule has 1 aliphatic heterocycles. The Morgan fingerprint density at radius 3 is 2.58 bits per heavy atom. The van der Waals surface area contributed by atoms with Gasteiger partial charge in [0.05, 0.1) is 4.90 Å². The summed E-state index contributed by atoms with van der Waals surface area (Å²) >= 11 is 0. The Balaban J connectivity index is 2.34. The minimum absolute atomic E-state index is 0.0358. The molecule has 1 N–H and O–H groups in total. The Morgan fingerprint density at radius 2 is 1.96 bits per heavy atom. The Kier molecular flexibility index (Phi) is 5.64. The lowest BCUT2D eigenvalue weighted by Crippen LogP contribution is -2.40. The minimum Gasteiger partial charge on any atom is -0.344 e. The van der Waals surface area contributed by atoms with E-state index in [4.69, 9.17) is 0 Å². The monoisotopic (exact) mass is 351 g/mol. The number of fused-ring (bicyclic) bond motifs is 1. The normalized spacial score (nSPS) is 18.3. The van der Waals surface area contributed by atoms with Crippen molar-refractivity contribution in [1.29, 1.82) is 0 Å². The van der Waals surface area contributed by atoms with Gasteiger partial charge in [0.25, 0.3) is 10.0 Å². The van der Waals surface area contributed by atoms with E-state index < -0.39 is 16.1 Å². The number of hydrogen-bond acceptors (Lipinski definition) is 4. The molecule has 0 saturated carbocycles. The molecule has 0 spiro atoms. The smallest absolute Gasteiger partial charge is 0.263 e. The van der Waals surface area contributed by atoms with Gasteiger partial charge in [0, 0.05) is 19.2 Å². The SMILES string of the molecule is CCCCN(C)C(=O)[C@H](N=C1NS(=O)(=O)c2ccccc21)C(C)C. The first-order chi connectivity index (χ1) is 11.3. The molecule has 0 bridgehead atoms. The van der Waals surface area contributed by atoms with Gasteiger partial charge in [0.15, 0.2) is 0 Å². The lowest BCUT2D eigenvalue weighted by Gasteiger charge is -2.24. The maximum Gasteiger partial charge on any atom is 0.263 e. The van der Waals surface area contributed by atoms with Crippen LogP contribution in [0.25, 0.3) is 0 Å². The summed E-state index contributed by atoms with van der Waals surface area (Å²) in [6.07, 6.45) is 1.94. The van der Waals surface area contributed by atoms with E-state index in [0.717, 1.165) is 12.8 Å². The van der Waals surface area contributed by atoms with Gasteiger partial charge >= 0.3 is 0 Å². The highest BCUT2D eigenvalue weighted by atomic mass is 32.2. The summed E-state index contributed by atoms with van der Waals surface area (Å²) in [6, 6.07) is 6.06. The van der Waals surface area contributed by atoms with Gasteiger partial charge in [0.2, 0.25) is 5.91 Å². The molecule has 0 aromatic heterocycles. The van der Waals surface area contributed by atoms with Crippen LogP contribution in [-0.4, -0.2) is 44.7 Å². The van der Waals surface area contributed by atoms with Crippen molar-refractivity contribution < 1.29 is 13.2 Å². The van der Waals surface area contributed by atoms with Crippen LogP contribution in [0.2, 0.25) is 0 Å². The summed E-state index contributed by atoms with van der Waals surface area (Å²) in [5.74, 6) is 0.127. The number of carbonyl (C=O) groups excluding carboxylic acids is 1. The second-order valence-corrected chi connectivity index (χ2v) is 8.03. The third-order valence-corrected chi connectivity index (χ3v) is 5.44. The molecule has 6 nitrogen and oxygen atoms in total. The Bertz CT molecular complexity index is 741. The second-order valence-electron chi connectivity index (χ2n) is 6.38. The van der Waals surface area contributed by atoms with E-state index in [1.54, 1.807) is 36.2 Å². The van der Waals surface area contributed by atoms with Gasteiger partial charge in [-0.3, -0.25) is 14.5 Å². The van der Waals surface area contributed by atoms with Gasteiger partial charge < -0.3 is 4.90 Å². The molecule has 0 aliphatic carbocycles. The first kappa shape index (κ1) is 18.4. The number of hydrogen-bond donors (Lipinski definition) is 1. The number of amidine groups is 1. The van der Waals surface area contributed by atoms with Crippen molar-refractivity contribution in [3.8, 4) is 0 Å². The predicted molar refractivity (Wildman–Crippen MR) is 94.5 cm³/mol. The summed E-state index contributed by atoms with van der Waals surface area (Å²) in [6.45, 7) is 6.57. The Hall–Kier alpha value is -1.89. The molecule has 1 heterocycles. The van der Waals surface area contributed by atoms with Gasteiger partial charge in [0.1, 0.15) is 11.9 Å². The van der Waals surface area contributed by atoms with Gasteiger partial charge in [-0.05, 0) is 24.5 Å². The van der Waals surface area contributed by atoms with E-state index in [-0.39, 0.29) is 22.6 Å². The highest BCUT2D eigenvalue weighted by molar-refractivity contribution is 7.90. The van der Waals surface area contributed by atoms with Crippen molar-refractivity contribution in [3.63, 3.8) is 0 Å². The van der Waals surface area contributed by atoms with Gasteiger partial charge in [-0.1, -0.05) is 39.3 Å². The first-order valence-corrected chi connectivity index (χ1v) is 9.71. The zero-order chi connectivity index (χ0) is 17.9. The third-order valence-electron chi connectivity index (χ3n) is 4.04. The van der Waals surface area contributed by atoms with Gasteiger partial charge in [-0.15, -0.1) is 0 Å². The molecular weight excluding hydrogens is 326 g/mol. The second kappa shape index (κ2) is 7.34. The van der Waals surface area contributed by atoms with Crippen LogP contribution in [0.5, 0.6) is 0 Å². The average molecular weight is 351 g/mol. The van der Waals surface area contributed by atoms with E-state index in [9.17, 15) is 13.2 Å². The predicted octanol–water partition coefficient (Wildman–Crippen LogP) is 2.01. The number of carbonyl (C=O) groups is 1. The molecule has 1 atom stereocenters. The highest BCUT2D eigenvalue weighted by Crippen LogP contribution is 2.23. The number of benzene rings is 1. The van der Waals surface area contributed by atoms with Crippen molar-refractivity contribution in [1.82, 2.24) is 9.62 Å². The standard InChI is InChI=1S/C17H25N3O3S/c1-5-6-11-20(4)17(21)15(12(2)3)18-16-13-9-7-8-10-14(13)24(22,23)19-16/h7-10,12,15H,5-6,11H2,1-4H3,(H,18,19)/t15-/m1/s1. The van der Waals surface area contributed by atoms with Crippen LogP contribution in [0, 0.1) is 5.92 Å². The summed E-state index contributed by atoms with van der Waals surface area (Å²) < 4.78 is 26.8. The highest BCUT2D eigenvalue weighted by Gasteiger charge is 2.33. The summed E-state index contributed by atoms with van der Waals surface area (Å²) in [7, 11) is -1.83. The molecule has 132 valence electrons. The topological polar surface area (TPSA) is 78.8 Å². The van der Waals surface area contributed by atoms with E-state index >= 15 is 0 Å². The Morgan fingerprint density at radius 1 is 1.29 bits per heavy atom. The number of unbranched alkanes of at least 4 members (excludes halogenated alkanes) is 1. The molecule has 1 aliphatic rings. The van der Waals surface area contributed by atoms with Crippen LogP contribution >= 0.6 is 0 Å². The largest absolute Gasteiger partial charge is 0.344 e. The summed E-state index contributed by atoms with van der Waals surface area (Å²) in [5.41, 5.74) is 0.521.